The molecule has 0 saturated heterocycles. The zero-order chi connectivity index (χ0) is 8.91. The lowest BCUT2D eigenvalue weighted by Gasteiger charge is -2.15. The standard InChI is InChI=1S/C8H16F2O/c1-3-8(9,10)5-4-7(2)6-11/h7,11H,3-6H2,1-2H3. The van der Waals surface area contributed by atoms with Crippen LogP contribution in [0.25, 0.3) is 0 Å². The zero-order valence-corrected chi connectivity index (χ0v) is 7.11. The Bertz CT molecular complexity index is 104. The highest BCUT2D eigenvalue weighted by Gasteiger charge is 2.25. The smallest absolute Gasteiger partial charge is 0.247 e. The predicted molar refractivity (Wildman–Crippen MR) is 40.7 cm³/mol. The van der Waals surface area contributed by atoms with E-state index in [1.54, 1.807) is 6.92 Å². The van der Waals surface area contributed by atoms with E-state index >= 15 is 0 Å². The van der Waals surface area contributed by atoms with Gasteiger partial charge in [0.15, 0.2) is 0 Å². The van der Waals surface area contributed by atoms with E-state index in [0.29, 0.717) is 6.42 Å². The van der Waals surface area contributed by atoms with Crippen molar-refractivity contribution in [3.63, 3.8) is 0 Å². The van der Waals surface area contributed by atoms with Gasteiger partial charge in [0.05, 0.1) is 0 Å². The third-order valence-corrected chi connectivity index (χ3v) is 1.83. The molecule has 0 fully saturated rings. The van der Waals surface area contributed by atoms with Crippen molar-refractivity contribution in [3.05, 3.63) is 0 Å². The molecule has 0 aromatic rings. The highest BCUT2D eigenvalue weighted by Crippen LogP contribution is 2.25. The molecule has 0 bridgehead atoms. The lowest BCUT2D eigenvalue weighted by molar-refractivity contribution is -0.0181. The summed E-state index contributed by atoms with van der Waals surface area (Å²) in [6.07, 6.45) is 0.188. The largest absolute Gasteiger partial charge is 0.396 e. The van der Waals surface area contributed by atoms with Gasteiger partial charge in [-0.1, -0.05) is 13.8 Å². The van der Waals surface area contributed by atoms with Crippen LogP contribution in [-0.2, 0) is 0 Å². The molecule has 68 valence electrons. The first-order valence-corrected chi connectivity index (χ1v) is 4.00. The van der Waals surface area contributed by atoms with Gasteiger partial charge < -0.3 is 5.11 Å². The average molecular weight is 166 g/mol. The average Bonchev–Trinajstić information content (AvgIpc) is 2.00. The minimum Gasteiger partial charge on any atom is -0.396 e. The van der Waals surface area contributed by atoms with Crippen LogP contribution in [0.1, 0.15) is 33.1 Å². The van der Waals surface area contributed by atoms with Crippen LogP contribution < -0.4 is 0 Å². The Morgan fingerprint density at radius 2 is 2.00 bits per heavy atom. The molecule has 0 heterocycles. The molecule has 0 aliphatic carbocycles. The Hall–Kier alpha value is -0.180. The maximum absolute atomic E-state index is 12.6. The van der Waals surface area contributed by atoms with Gasteiger partial charge >= 0.3 is 0 Å². The van der Waals surface area contributed by atoms with Crippen molar-refractivity contribution in [3.8, 4) is 0 Å². The summed E-state index contributed by atoms with van der Waals surface area (Å²) >= 11 is 0. The van der Waals surface area contributed by atoms with Gasteiger partial charge in [0.2, 0.25) is 5.92 Å². The minimum absolute atomic E-state index is 0.000204. The van der Waals surface area contributed by atoms with Crippen molar-refractivity contribution >= 4 is 0 Å². The van der Waals surface area contributed by atoms with Gasteiger partial charge in [-0.2, -0.15) is 0 Å². The van der Waals surface area contributed by atoms with E-state index in [-0.39, 0.29) is 25.4 Å². The number of halogens is 2. The van der Waals surface area contributed by atoms with E-state index < -0.39 is 5.92 Å². The van der Waals surface area contributed by atoms with Gasteiger partial charge in [0, 0.05) is 19.4 Å². The molecular formula is C8H16F2O. The summed E-state index contributed by atoms with van der Waals surface area (Å²) in [4.78, 5) is 0. The molecule has 1 atom stereocenters. The Morgan fingerprint density at radius 1 is 1.45 bits per heavy atom. The molecule has 0 aliphatic heterocycles. The van der Waals surface area contributed by atoms with Gasteiger partial charge in [-0.15, -0.1) is 0 Å². The summed E-state index contributed by atoms with van der Waals surface area (Å²) in [5.74, 6) is -2.55. The van der Waals surface area contributed by atoms with Crippen LogP contribution in [-0.4, -0.2) is 17.6 Å². The van der Waals surface area contributed by atoms with Gasteiger partial charge in [-0.05, 0) is 12.3 Å². The number of rotatable bonds is 5. The molecule has 0 rings (SSSR count). The fraction of sp³-hybridized carbons (Fsp3) is 1.00. The highest BCUT2D eigenvalue weighted by molar-refractivity contribution is 4.65. The molecule has 0 aromatic heterocycles. The molecule has 0 aromatic carbocycles. The Labute approximate surface area is 66.4 Å². The first kappa shape index (κ1) is 10.8. The van der Waals surface area contributed by atoms with Gasteiger partial charge in [0.1, 0.15) is 0 Å². The lowest BCUT2D eigenvalue weighted by atomic mass is 10.0. The van der Waals surface area contributed by atoms with Crippen molar-refractivity contribution in [2.75, 3.05) is 6.61 Å². The zero-order valence-electron chi connectivity index (χ0n) is 7.11. The normalized spacial score (nSPS) is 15.0. The van der Waals surface area contributed by atoms with Crippen molar-refractivity contribution < 1.29 is 13.9 Å². The third kappa shape index (κ3) is 5.13. The van der Waals surface area contributed by atoms with Crippen LogP contribution in [0.4, 0.5) is 8.78 Å². The summed E-state index contributed by atoms with van der Waals surface area (Å²) in [5.41, 5.74) is 0. The second kappa shape index (κ2) is 4.65. The van der Waals surface area contributed by atoms with Crippen LogP contribution >= 0.6 is 0 Å². The lowest BCUT2D eigenvalue weighted by Crippen LogP contribution is -2.16. The van der Waals surface area contributed by atoms with Crippen molar-refractivity contribution in [2.45, 2.75) is 39.0 Å². The van der Waals surface area contributed by atoms with E-state index in [9.17, 15) is 8.78 Å². The highest BCUT2D eigenvalue weighted by atomic mass is 19.3. The first-order valence-electron chi connectivity index (χ1n) is 4.00. The number of aliphatic hydroxyl groups is 1. The van der Waals surface area contributed by atoms with Crippen LogP contribution in [0.5, 0.6) is 0 Å². The molecule has 1 unspecified atom stereocenters. The topological polar surface area (TPSA) is 20.2 Å². The third-order valence-electron chi connectivity index (χ3n) is 1.83. The monoisotopic (exact) mass is 166 g/mol. The van der Waals surface area contributed by atoms with E-state index in [1.165, 1.54) is 6.92 Å². The van der Waals surface area contributed by atoms with E-state index in [2.05, 4.69) is 0 Å². The molecule has 1 nitrogen and oxygen atoms in total. The van der Waals surface area contributed by atoms with Crippen LogP contribution in [0.15, 0.2) is 0 Å². The molecule has 0 spiro atoms. The maximum Gasteiger partial charge on any atom is 0.247 e. The number of aliphatic hydroxyl groups excluding tert-OH is 1. The molecule has 0 radical (unpaired) electrons. The molecule has 1 N–H and O–H groups in total. The van der Waals surface area contributed by atoms with E-state index in [4.69, 9.17) is 5.11 Å². The van der Waals surface area contributed by atoms with Gasteiger partial charge in [0.25, 0.3) is 0 Å². The molecule has 11 heavy (non-hydrogen) atoms. The summed E-state index contributed by atoms with van der Waals surface area (Å²) in [6, 6.07) is 0. The van der Waals surface area contributed by atoms with E-state index in [0.717, 1.165) is 0 Å². The SMILES string of the molecule is CCC(F)(F)CCC(C)CO. The Kier molecular flexibility index (Phi) is 4.57. The minimum atomic E-state index is -2.54. The van der Waals surface area contributed by atoms with Crippen LogP contribution in [0, 0.1) is 5.92 Å². The quantitative estimate of drug-likeness (QED) is 0.665. The van der Waals surface area contributed by atoms with Crippen LogP contribution in [0.3, 0.4) is 0 Å². The molecule has 0 saturated carbocycles. The summed E-state index contributed by atoms with van der Waals surface area (Å²) in [5, 5.41) is 8.56. The fourth-order valence-electron chi connectivity index (χ4n) is 0.726. The molecular weight excluding hydrogens is 150 g/mol. The van der Waals surface area contributed by atoms with Gasteiger partial charge in [-0.3, -0.25) is 0 Å². The number of alkyl halides is 2. The van der Waals surface area contributed by atoms with Crippen molar-refractivity contribution in [1.29, 1.82) is 0 Å². The molecule has 0 amide bonds. The van der Waals surface area contributed by atoms with Crippen molar-refractivity contribution in [1.82, 2.24) is 0 Å². The fourth-order valence-corrected chi connectivity index (χ4v) is 0.726. The van der Waals surface area contributed by atoms with Gasteiger partial charge in [-0.25, -0.2) is 8.78 Å². The number of hydrogen-bond acceptors (Lipinski definition) is 1. The predicted octanol–water partition coefficient (Wildman–Crippen LogP) is 2.44. The second-order valence-corrected chi connectivity index (χ2v) is 3.04. The number of hydrogen-bond donors (Lipinski definition) is 1. The Morgan fingerprint density at radius 3 is 2.36 bits per heavy atom. The summed E-state index contributed by atoms with van der Waals surface area (Å²) in [6.45, 7) is 3.25. The summed E-state index contributed by atoms with van der Waals surface area (Å²) < 4.78 is 25.1. The first-order chi connectivity index (χ1) is 5.02. The van der Waals surface area contributed by atoms with E-state index in [1.807, 2.05) is 0 Å². The molecule has 0 aliphatic rings. The van der Waals surface area contributed by atoms with Crippen molar-refractivity contribution in [2.24, 2.45) is 5.92 Å². The molecule has 3 heteroatoms. The Balaban J connectivity index is 3.52. The maximum atomic E-state index is 12.6. The van der Waals surface area contributed by atoms with Crippen LogP contribution in [0.2, 0.25) is 0 Å². The second-order valence-electron chi connectivity index (χ2n) is 3.04. The summed E-state index contributed by atoms with van der Waals surface area (Å²) in [7, 11) is 0.